The number of thiophene rings is 1. The summed E-state index contributed by atoms with van der Waals surface area (Å²) in [6.45, 7) is 2.97. The molecule has 0 aliphatic heterocycles. The van der Waals surface area contributed by atoms with Gasteiger partial charge in [0.25, 0.3) is 0 Å². The standard InChI is InChI=1S/C15H13Br2NOS/c1-9(18-7-13-6-12(17)8-20-13)15-5-10-4-11(16)2-3-14(10)19-15/h2-6,8-9,18H,7H2,1H3. The molecule has 0 saturated heterocycles. The van der Waals surface area contributed by atoms with E-state index in [0.29, 0.717) is 0 Å². The van der Waals surface area contributed by atoms with Gasteiger partial charge in [0, 0.05) is 31.1 Å². The zero-order valence-corrected chi connectivity index (χ0v) is 14.8. The third-order valence-electron chi connectivity index (χ3n) is 3.13. The second kappa shape index (κ2) is 6.02. The van der Waals surface area contributed by atoms with Crippen LogP contribution in [0.1, 0.15) is 23.6 Å². The zero-order valence-electron chi connectivity index (χ0n) is 10.8. The molecule has 20 heavy (non-hydrogen) atoms. The Hall–Kier alpha value is -0.620. The summed E-state index contributed by atoms with van der Waals surface area (Å²) in [5.41, 5.74) is 0.927. The number of rotatable bonds is 4. The predicted molar refractivity (Wildman–Crippen MR) is 91.2 cm³/mol. The first kappa shape index (κ1) is 14.3. The van der Waals surface area contributed by atoms with Crippen LogP contribution >= 0.6 is 43.2 Å². The van der Waals surface area contributed by atoms with Crippen LogP contribution in [-0.2, 0) is 6.54 Å². The highest BCUT2D eigenvalue weighted by Crippen LogP contribution is 2.27. The molecule has 0 aliphatic rings. The summed E-state index contributed by atoms with van der Waals surface area (Å²) in [5, 5.41) is 6.71. The lowest BCUT2D eigenvalue weighted by Crippen LogP contribution is -2.16. The largest absolute Gasteiger partial charge is 0.459 e. The second-order valence-electron chi connectivity index (χ2n) is 4.66. The van der Waals surface area contributed by atoms with Crippen LogP contribution in [0.4, 0.5) is 0 Å². The molecule has 1 aromatic carbocycles. The van der Waals surface area contributed by atoms with Gasteiger partial charge >= 0.3 is 0 Å². The fourth-order valence-corrected chi connectivity index (χ4v) is 3.83. The first-order chi connectivity index (χ1) is 9.61. The van der Waals surface area contributed by atoms with Crippen LogP contribution in [0.5, 0.6) is 0 Å². The van der Waals surface area contributed by atoms with Crippen LogP contribution < -0.4 is 5.32 Å². The van der Waals surface area contributed by atoms with Crippen molar-refractivity contribution in [3.8, 4) is 0 Å². The van der Waals surface area contributed by atoms with Gasteiger partial charge in [-0.2, -0.15) is 0 Å². The first-order valence-electron chi connectivity index (χ1n) is 6.27. The molecule has 0 amide bonds. The number of furan rings is 1. The lowest BCUT2D eigenvalue weighted by molar-refractivity contribution is 0.452. The van der Waals surface area contributed by atoms with E-state index in [1.54, 1.807) is 11.3 Å². The highest BCUT2D eigenvalue weighted by molar-refractivity contribution is 9.10. The molecule has 1 unspecified atom stereocenters. The summed E-state index contributed by atoms with van der Waals surface area (Å²) >= 11 is 8.70. The molecule has 0 spiro atoms. The highest BCUT2D eigenvalue weighted by atomic mass is 79.9. The molecule has 104 valence electrons. The Morgan fingerprint density at radius 1 is 1.20 bits per heavy atom. The van der Waals surface area contributed by atoms with E-state index in [1.807, 2.05) is 12.1 Å². The van der Waals surface area contributed by atoms with Crippen LogP contribution in [0, 0.1) is 0 Å². The summed E-state index contributed by atoms with van der Waals surface area (Å²) in [7, 11) is 0. The molecule has 0 saturated carbocycles. The Morgan fingerprint density at radius 2 is 2.05 bits per heavy atom. The molecule has 2 aromatic heterocycles. The summed E-state index contributed by atoms with van der Waals surface area (Å²) in [5.74, 6) is 0.966. The summed E-state index contributed by atoms with van der Waals surface area (Å²) < 4.78 is 8.10. The molecule has 1 N–H and O–H groups in total. The Bertz CT molecular complexity index is 734. The van der Waals surface area contributed by atoms with Crippen LogP contribution in [0.2, 0.25) is 0 Å². The number of benzene rings is 1. The van der Waals surface area contributed by atoms with Crippen LogP contribution in [0.25, 0.3) is 11.0 Å². The van der Waals surface area contributed by atoms with Gasteiger partial charge in [0.05, 0.1) is 6.04 Å². The van der Waals surface area contributed by atoms with Crippen molar-refractivity contribution in [3.05, 3.63) is 55.3 Å². The van der Waals surface area contributed by atoms with E-state index in [0.717, 1.165) is 32.2 Å². The van der Waals surface area contributed by atoms with Gasteiger partial charge in [-0.1, -0.05) is 15.9 Å². The van der Waals surface area contributed by atoms with Crippen LogP contribution in [0.15, 0.2) is 49.1 Å². The van der Waals surface area contributed by atoms with Gasteiger partial charge in [0.1, 0.15) is 11.3 Å². The number of hydrogen-bond donors (Lipinski definition) is 1. The molecule has 3 aromatic rings. The van der Waals surface area contributed by atoms with Crippen molar-refractivity contribution in [1.82, 2.24) is 5.32 Å². The topological polar surface area (TPSA) is 25.2 Å². The van der Waals surface area contributed by atoms with Gasteiger partial charge in [0.2, 0.25) is 0 Å². The number of hydrogen-bond acceptors (Lipinski definition) is 3. The van der Waals surface area contributed by atoms with E-state index >= 15 is 0 Å². The van der Waals surface area contributed by atoms with Crippen molar-refractivity contribution < 1.29 is 4.42 Å². The monoisotopic (exact) mass is 413 g/mol. The molecule has 0 fully saturated rings. The van der Waals surface area contributed by atoms with E-state index < -0.39 is 0 Å². The molecule has 0 radical (unpaired) electrons. The maximum Gasteiger partial charge on any atom is 0.134 e. The fourth-order valence-electron chi connectivity index (χ4n) is 2.05. The van der Waals surface area contributed by atoms with Crippen molar-refractivity contribution in [1.29, 1.82) is 0 Å². The quantitative estimate of drug-likeness (QED) is 0.577. The van der Waals surface area contributed by atoms with Gasteiger partial charge in [-0.05, 0) is 53.2 Å². The second-order valence-corrected chi connectivity index (χ2v) is 7.49. The molecule has 2 heterocycles. The average Bonchev–Trinajstić information content (AvgIpc) is 3.01. The van der Waals surface area contributed by atoms with Gasteiger partial charge in [-0.25, -0.2) is 0 Å². The van der Waals surface area contributed by atoms with Gasteiger partial charge in [-0.3, -0.25) is 0 Å². The number of nitrogens with one attached hydrogen (secondary N) is 1. The van der Waals surface area contributed by atoms with Crippen molar-refractivity contribution in [2.75, 3.05) is 0 Å². The maximum atomic E-state index is 5.89. The van der Waals surface area contributed by atoms with E-state index in [2.05, 4.69) is 67.7 Å². The molecule has 3 rings (SSSR count). The Labute approximate surface area is 138 Å². The maximum absolute atomic E-state index is 5.89. The smallest absolute Gasteiger partial charge is 0.134 e. The first-order valence-corrected chi connectivity index (χ1v) is 8.73. The molecular formula is C15H13Br2NOS. The zero-order chi connectivity index (χ0) is 14.1. The van der Waals surface area contributed by atoms with E-state index in [9.17, 15) is 0 Å². The predicted octanol–water partition coefficient (Wildman–Crippen LogP) is 5.87. The highest BCUT2D eigenvalue weighted by Gasteiger charge is 2.11. The van der Waals surface area contributed by atoms with Crippen molar-refractivity contribution in [2.45, 2.75) is 19.5 Å². The normalized spacial score (nSPS) is 12.9. The Morgan fingerprint density at radius 3 is 2.80 bits per heavy atom. The van der Waals surface area contributed by atoms with E-state index in [4.69, 9.17) is 4.42 Å². The molecule has 1 atom stereocenters. The molecular weight excluding hydrogens is 402 g/mol. The lowest BCUT2D eigenvalue weighted by atomic mass is 10.2. The van der Waals surface area contributed by atoms with Crippen LogP contribution in [-0.4, -0.2) is 0 Å². The molecule has 5 heteroatoms. The minimum Gasteiger partial charge on any atom is -0.459 e. The van der Waals surface area contributed by atoms with Gasteiger partial charge < -0.3 is 9.73 Å². The average molecular weight is 415 g/mol. The third-order valence-corrected chi connectivity index (χ3v) is 5.32. The number of fused-ring (bicyclic) bond motifs is 1. The summed E-state index contributed by atoms with van der Waals surface area (Å²) in [6, 6.07) is 10.5. The SMILES string of the molecule is CC(NCc1cc(Br)cs1)c1cc2cc(Br)ccc2o1. The molecule has 0 aliphatic carbocycles. The summed E-state index contributed by atoms with van der Waals surface area (Å²) in [4.78, 5) is 1.31. The minimum absolute atomic E-state index is 0.182. The van der Waals surface area contributed by atoms with Gasteiger partial charge in [0.15, 0.2) is 0 Å². The Balaban J connectivity index is 1.73. The van der Waals surface area contributed by atoms with Crippen LogP contribution in [0.3, 0.4) is 0 Å². The van der Waals surface area contributed by atoms with Crippen molar-refractivity contribution in [2.24, 2.45) is 0 Å². The minimum atomic E-state index is 0.182. The summed E-state index contributed by atoms with van der Waals surface area (Å²) in [6.07, 6.45) is 0. The van der Waals surface area contributed by atoms with Gasteiger partial charge in [-0.15, -0.1) is 11.3 Å². The van der Waals surface area contributed by atoms with E-state index in [-0.39, 0.29) is 6.04 Å². The Kier molecular flexibility index (Phi) is 4.31. The van der Waals surface area contributed by atoms with Crippen molar-refractivity contribution >= 4 is 54.2 Å². The molecule has 0 bridgehead atoms. The lowest BCUT2D eigenvalue weighted by Gasteiger charge is -2.09. The third kappa shape index (κ3) is 3.17. The number of halogens is 2. The van der Waals surface area contributed by atoms with E-state index in [1.165, 1.54) is 4.88 Å². The fraction of sp³-hybridized carbons (Fsp3) is 0.200. The van der Waals surface area contributed by atoms with Crippen molar-refractivity contribution in [3.63, 3.8) is 0 Å². The molecule has 2 nitrogen and oxygen atoms in total.